The Balaban J connectivity index is 2.13. The molecule has 1 aromatic rings. The number of rotatable bonds is 4. The van der Waals surface area contributed by atoms with Crippen molar-refractivity contribution in [3.63, 3.8) is 0 Å². The summed E-state index contributed by atoms with van der Waals surface area (Å²) in [6, 6.07) is 7.53. The van der Waals surface area contributed by atoms with Crippen LogP contribution in [0.2, 0.25) is 0 Å². The number of amides is 1. The van der Waals surface area contributed by atoms with E-state index in [4.69, 9.17) is 5.11 Å². The lowest BCUT2D eigenvalue weighted by Gasteiger charge is -2.12. The minimum absolute atomic E-state index is 0.371. The van der Waals surface area contributed by atoms with Gasteiger partial charge in [0.2, 0.25) is 5.91 Å². The number of benzene rings is 1. The van der Waals surface area contributed by atoms with Crippen molar-refractivity contribution >= 4 is 17.6 Å². The molecule has 4 heteroatoms. The van der Waals surface area contributed by atoms with Crippen LogP contribution in [0.25, 0.3) is 0 Å². The van der Waals surface area contributed by atoms with Gasteiger partial charge in [0.1, 0.15) is 5.41 Å². The summed E-state index contributed by atoms with van der Waals surface area (Å²) < 4.78 is 0. The summed E-state index contributed by atoms with van der Waals surface area (Å²) in [6.45, 7) is 4.14. The van der Waals surface area contributed by atoms with Gasteiger partial charge >= 0.3 is 5.97 Å². The van der Waals surface area contributed by atoms with Crippen LogP contribution in [0.5, 0.6) is 0 Å². The highest BCUT2D eigenvalue weighted by atomic mass is 16.4. The highest BCUT2D eigenvalue weighted by molar-refractivity contribution is 6.10. The quantitative estimate of drug-likeness (QED) is 0.804. The van der Waals surface area contributed by atoms with Crippen molar-refractivity contribution in [1.29, 1.82) is 0 Å². The Kier molecular flexibility index (Phi) is 3.11. The molecule has 18 heavy (non-hydrogen) atoms. The number of carboxylic acids is 1. The molecule has 1 aliphatic rings. The molecule has 1 aliphatic carbocycles. The number of aliphatic carboxylic acids is 1. The van der Waals surface area contributed by atoms with Crippen molar-refractivity contribution < 1.29 is 14.7 Å². The smallest absolute Gasteiger partial charge is 0.319 e. The third kappa shape index (κ3) is 2.23. The molecular formula is C14H17NO3. The van der Waals surface area contributed by atoms with Gasteiger partial charge in [-0.3, -0.25) is 9.59 Å². The Morgan fingerprint density at radius 1 is 1.33 bits per heavy atom. The van der Waals surface area contributed by atoms with Gasteiger partial charge in [-0.05, 0) is 36.5 Å². The van der Waals surface area contributed by atoms with E-state index in [1.807, 2.05) is 18.2 Å². The van der Waals surface area contributed by atoms with Crippen molar-refractivity contribution in [1.82, 2.24) is 0 Å². The molecule has 1 aromatic carbocycles. The average molecular weight is 247 g/mol. The van der Waals surface area contributed by atoms with Crippen molar-refractivity contribution in [2.75, 3.05) is 5.32 Å². The molecule has 96 valence electrons. The lowest BCUT2D eigenvalue weighted by molar-refractivity contribution is -0.147. The Bertz CT molecular complexity index is 490. The number of nitrogens with one attached hydrogen (secondary N) is 1. The molecule has 0 aromatic heterocycles. The van der Waals surface area contributed by atoms with Crippen LogP contribution in [0.15, 0.2) is 24.3 Å². The molecule has 1 fully saturated rings. The number of carbonyl (C=O) groups excluding carboxylic acids is 1. The van der Waals surface area contributed by atoms with Crippen molar-refractivity contribution in [2.24, 2.45) is 5.41 Å². The number of anilines is 1. The van der Waals surface area contributed by atoms with E-state index in [1.165, 1.54) is 0 Å². The predicted molar refractivity (Wildman–Crippen MR) is 68.5 cm³/mol. The summed E-state index contributed by atoms with van der Waals surface area (Å²) in [6.07, 6.45) is 0.857. The Morgan fingerprint density at radius 2 is 2.00 bits per heavy atom. The van der Waals surface area contributed by atoms with Crippen LogP contribution in [0, 0.1) is 5.41 Å². The van der Waals surface area contributed by atoms with E-state index < -0.39 is 17.3 Å². The van der Waals surface area contributed by atoms with Crippen LogP contribution in [0.1, 0.15) is 38.2 Å². The molecule has 0 unspecified atom stereocenters. The third-order valence-electron chi connectivity index (χ3n) is 3.41. The molecule has 0 heterocycles. The van der Waals surface area contributed by atoms with Gasteiger partial charge in [-0.1, -0.05) is 26.0 Å². The minimum Gasteiger partial charge on any atom is -0.480 e. The lowest BCUT2D eigenvalue weighted by atomic mass is 10.0. The average Bonchev–Trinajstić information content (AvgIpc) is 3.10. The van der Waals surface area contributed by atoms with E-state index in [0.717, 1.165) is 5.56 Å². The molecule has 4 nitrogen and oxygen atoms in total. The van der Waals surface area contributed by atoms with Crippen molar-refractivity contribution in [3.8, 4) is 0 Å². The van der Waals surface area contributed by atoms with Gasteiger partial charge in [0.25, 0.3) is 0 Å². The summed E-state index contributed by atoms with van der Waals surface area (Å²) in [4.78, 5) is 23.0. The second-order valence-corrected chi connectivity index (χ2v) is 5.12. The highest BCUT2D eigenvalue weighted by Gasteiger charge is 2.57. The molecule has 0 saturated heterocycles. The van der Waals surface area contributed by atoms with Crippen LogP contribution in [0.4, 0.5) is 5.69 Å². The first-order chi connectivity index (χ1) is 8.45. The summed E-state index contributed by atoms with van der Waals surface area (Å²) >= 11 is 0. The van der Waals surface area contributed by atoms with Gasteiger partial charge in [-0.15, -0.1) is 0 Å². The van der Waals surface area contributed by atoms with Crippen LogP contribution in [0.3, 0.4) is 0 Å². The summed E-state index contributed by atoms with van der Waals surface area (Å²) in [7, 11) is 0. The molecule has 0 aliphatic heterocycles. The van der Waals surface area contributed by atoms with Gasteiger partial charge in [0.15, 0.2) is 0 Å². The normalized spacial score (nSPS) is 16.4. The summed E-state index contributed by atoms with van der Waals surface area (Å²) in [5.41, 5.74) is 0.597. The van der Waals surface area contributed by atoms with E-state index in [1.54, 1.807) is 6.07 Å². The number of carboxylic acid groups (broad SMARTS) is 1. The van der Waals surface area contributed by atoms with Gasteiger partial charge in [-0.2, -0.15) is 0 Å². The van der Waals surface area contributed by atoms with Crippen LogP contribution >= 0.6 is 0 Å². The van der Waals surface area contributed by atoms with E-state index in [0.29, 0.717) is 24.4 Å². The fourth-order valence-electron chi connectivity index (χ4n) is 1.89. The second-order valence-electron chi connectivity index (χ2n) is 5.12. The van der Waals surface area contributed by atoms with E-state index >= 15 is 0 Å². The van der Waals surface area contributed by atoms with Crippen LogP contribution in [-0.2, 0) is 9.59 Å². The molecule has 2 N–H and O–H groups in total. The molecule has 2 rings (SSSR count). The maximum Gasteiger partial charge on any atom is 0.319 e. The summed E-state index contributed by atoms with van der Waals surface area (Å²) in [5, 5.41) is 11.7. The van der Waals surface area contributed by atoms with Crippen LogP contribution in [-0.4, -0.2) is 17.0 Å². The largest absolute Gasteiger partial charge is 0.480 e. The van der Waals surface area contributed by atoms with Gasteiger partial charge in [0, 0.05) is 5.69 Å². The topological polar surface area (TPSA) is 66.4 Å². The molecular weight excluding hydrogens is 230 g/mol. The zero-order valence-corrected chi connectivity index (χ0v) is 10.6. The Morgan fingerprint density at radius 3 is 2.50 bits per heavy atom. The predicted octanol–water partition coefficient (Wildman–Crippen LogP) is 2.61. The zero-order valence-electron chi connectivity index (χ0n) is 10.6. The van der Waals surface area contributed by atoms with E-state index in [9.17, 15) is 9.59 Å². The fraction of sp³-hybridized carbons (Fsp3) is 0.429. The number of hydrogen-bond donors (Lipinski definition) is 2. The maximum atomic E-state index is 11.9. The molecule has 0 radical (unpaired) electrons. The van der Waals surface area contributed by atoms with Crippen molar-refractivity contribution in [3.05, 3.63) is 29.8 Å². The fourth-order valence-corrected chi connectivity index (χ4v) is 1.89. The first kappa shape index (κ1) is 12.6. The first-order valence-electron chi connectivity index (χ1n) is 6.10. The maximum absolute atomic E-state index is 11.9. The molecule has 0 atom stereocenters. The van der Waals surface area contributed by atoms with Gasteiger partial charge in [0.05, 0.1) is 0 Å². The molecule has 1 saturated carbocycles. The van der Waals surface area contributed by atoms with E-state index in [-0.39, 0.29) is 0 Å². The van der Waals surface area contributed by atoms with Gasteiger partial charge < -0.3 is 10.4 Å². The molecule has 1 amide bonds. The molecule has 0 spiro atoms. The minimum atomic E-state index is -1.19. The monoisotopic (exact) mass is 247 g/mol. The number of carbonyl (C=O) groups is 2. The highest BCUT2D eigenvalue weighted by Crippen LogP contribution is 2.46. The van der Waals surface area contributed by atoms with Gasteiger partial charge in [-0.25, -0.2) is 0 Å². The molecule has 0 bridgehead atoms. The van der Waals surface area contributed by atoms with Crippen molar-refractivity contribution in [2.45, 2.75) is 32.6 Å². The number of hydrogen-bond acceptors (Lipinski definition) is 2. The SMILES string of the molecule is CC(C)c1cccc(NC(=O)C2(C(=O)O)CC2)c1. The zero-order chi connectivity index (χ0) is 13.3. The summed E-state index contributed by atoms with van der Waals surface area (Å²) in [5.74, 6) is -1.06. The second kappa shape index (κ2) is 4.44. The van der Waals surface area contributed by atoms with E-state index in [2.05, 4.69) is 19.2 Å². The standard InChI is InChI=1S/C14H17NO3/c1-9(2)10-4-3-5-11(8-10)15-12(16)14(6-7-14)13(17)18/h3-5,8-9H,6-7H2,1-2H3,(H,15,16)(H,17,18). The van der Waals surface area contributed by atoms with Crippen LogP contribution < -0.4 is 5.32 Å². The Hall–Kier alpha value is -1.84. The Labute approximate surface area is 106 Å². The lowest BCUT2D eigenvalue weighted by Crippen LogP contribution is -2.31. The first-order valence-corrected chi connectivity index (χ1v) is 6.10. The third-order valence-corrected chi connectivity index (χ3v) is 3.41.